The molecule has 0 spiro atoms. The number of hydrogen-bond acceptors (Lipinski definition) is 4. The molecule has 2 N–H and O–H groups in total. The summed E-state index contributed by atoms with van der Waals surface area (Å²) < 4.78 is 5.18. The van der Waals surface area contributed by atoms with Crippen molar-refractivity contribution in [3.05, 3.63) is 45.6 Å². The van der Waals surface area contributed by atoms with Gasteiger partial charge in [0, 0.05) is 24.2 Å². The molecule has 0 aliphatic carbocycles. The Bertz CT molecular complexity index is 603. The van der Waals surface area contributed by atoms with Crippen LogP contribution in [0.15, 0.2) is 30.3 Å². The Morgan fingerprint density at radius 1 is 1.40 bits per heavy atom. The first-order valence-corrected chi connectivity index (χ1v) is 7.07. The highest BCUT2D eigenvalue weighted by Gasteiger charge is 2.15. The lowest BCUT2D eigenvalue weighted by molar-refractivity contribution is 0.0790. The van der Waals surface area contributed by atoms with Gasteiger partial charge in [0.15, 0.2) is 0 Å². The first-order chi connectivity index (χ1) is 9.51. The highest BCUT2D eigenvalue weighted by Crippen LogP contribution is 2.25. The number of carbonyl (C=O) groups is 1. The molecular formula is C15H18N2O2S. The molecule has 0 radical (unpaired) electrons. The van der Waals surface area contributed by atoms with Crippen LogP contribution in [-0.4, -0.2) is 25.0 Å². The number of methoxy groups -OCH3 is 1. The summed E-state index contributed by atoms with van der Waals surface area (Å²) in [5, 5.41) is 0. The number of amides is 1. The maximum Gasteiger partial charge on any atom is 0.264 e. The summed E-state index contributed by atoms with van der Waals surface area (Å²) in [5.74, 6) is 0.775. The molecule has 1 heterocycles. The minimum atomic E-state index is -0.0161. The molecule has 0 aliphatic rings. The van der Waals surface area contributed by atoms with Gasteiger partial charge in [0.1, 0.15) is 5.75 Å². The Balaban J connectivity index is 2.10. The van der Waals surface area contributed by atoms with E-state index in [0.29, 0.717) is 17.1 Å². The Morgan fingerprint density at radius 3 is 2.75 bits per heavy atom. The molecule has 20 heavy (non-hydrogen) atoms. The van der Waals surface area contributed by atoms with Crippen LogP contribution in [0.5, 0.6) is 5.75 Å². The lowest BCUT2D eigenvalue weighted by atomic mass is 10.2. The quantitative estimate of drug-likeness (QED) is 0.942. The van der Waals surface area contributed by atoms with E-state index < -0.39 is 0 Å². The van der Waals surface area contributed by atoms with E-state index in [1.165, 1.54) is 11.3 Å². The first kappa shape index (κ1) is 14.4. The Hall–Kier alpha value is -2.01. The van der Waals surface area contributed by atoms with Crippen LogP contribution in [0.25, 0.3) is 0 Å². The number of nitrogen functional groups attached to an aromatic ring is 1. The number of carbonyl (C=O) groups excluding carboxylic acids is 1. The first-order valence-electron chi connectivity index (χ1n) is 6.25. The predicted octanol–water partition coefficient (Wildman–Crippen LogP) is 2.92. The molecule has 2 rings (SSSR count). The standard InChI is InChI=1S/C15H18N2O2S/c1-10-13(16)8-14(20-10)15(18)17(2)9-11-5-4-6-12(7-11)19-3/h4-8H,9,16H2,1-3H3. The molecule has 1 aromatic carbocycles. The zero-order chi connectivity index (χ0) is 14.7. The largest absolute Gasteiger partial charge is 0.497 e. The smallest absolute Gasteiger partial charge is 0.264 e. The molecule has 0 bridgehead atoms. The average Bonchev–Trinajstić information content (AvgIpc) is 2.78. The molecule has 1 amide bonds. The monoisotopic (exact) mass is 290 g/mol. The Kier molecular flexibility index (Phi) is 4.29. The van der Waals surface area contributed by atoms with E-state index in [2.05, 4.69) is 0 Å². The van der Waals surface area contributed by atoms with Crippen LogP contribution in [0.4, 0.5) is 5.69 Å². The van der Waals surface area contributed by atoms with Gasteiger partial charge in [-0.05, 0) is 30.7 Å². The number of ether oxygens (including phenoxy) is 1. The highest BCUT2D eigenvalue weighted by molar-refractivity contribution is 7.14. The molecule has 0 saturated carbocycles. The second-order valence-electron chi connectivity index (χ2n) is 4.63. The zero-order valence-corrected chi connectivity index (χ0v) is 12.7. The van der Waals surface area contributed by atoms with E-state index in [0.717, 1.165) is 16.2 Å². The maximum atomic E-state index is 12.3. The molecule has 0 atom stereocenters. The van der Waals surface area contributed by atoms with Crippen molar-refractivity contribution in [1.82, 2.24) is 4.90 Å². The summed E-state index contributed by atoms with van der Waals surface area (Å²) in [7, 11) is 3.41. The number of benzene rings is 1. The summed E-state index contributed by atoms with van der Waals surface area (Å²) in [6, 6.07) is 9.44. The van der Waals surface area contributed by atoms with Gasteiger partial charge < -0.3 is 15.4 Å². The van der Waals surface area contributed by atoms with Gasteiger partial charge in [-0.25, -0.2) is 0 Å². The lowest BCUT2D eigenvalue weighted by Gasteiger charge is -2.16. The fraction of sp³-hybridized carbons (Fsp3) is 0.267. The molecule has 0 unspecified atom stereocenters. The average molecular weight is 290 g/mol. The van der Waals surface area contributed by atoms with Crippen LogP contribution in [0, 0.1) is 6.92 Å². The van der Waals surface area contributed by atoms with E-state index >= 15 is 0 Å². The SMILES string of the molecule is COc1cccc(CN(C)C(=O)c2cc(N)c(C)s2)c1. The van der Waals surface area contributed by atoms with E-state index in [1.54, 1.807) is 25.1 Å². The highest BCUT2D eigenvalue weighted by atomic mass is 32.1. The zero-order valence-electron chi connectivity index (χ0n) is 11.8. The minimum absolute atomic E-state index is 0.0161. The number of anilines is 1. The number of nitrogens with two attached hydrogens (primary N) is 1. The van der Waals surface area contributed by atoms with Crippen LogP contribution in [0.1, 0.15) is 20.1 Å². The van der Waals surface area contributed by atoms with Crippen LogP contribution < -0.4 is 10.5 Å². The molecule has 4 nitrogen and oxygen atoms in total. The van der Waals surface area contributed by atoms with Crippen molar-refractivity contribution >= 4 is 22.9 Å². The van der Waals surface area contributed by atoms with Gasteiger partial charge in [0.2, 0.25) is 0 Å². The topological polar surface area (TPSA) is 55.6 Å². The van der Waals surface area contributed by atoms with Gasteiger partial charge in [0.05, 0.1) is 12.0 Å². The molecule has 0 aliphatic heterocycles. The van der Waals surface area contributed by atoms with E-state index in [1.807, 2.05) is 31.2 Å². The van der Waals surface area contributed by atoms with E-state index in [-0.39, 0.29) is 5.91 Å². The number of aryl methyl sites for hydroxylation is 1. The summed E-state index contributed by atoms with van der Waals surface area (Å²) in [6.45, 7) is 2.45. The van der Waals surface area contributed by atoms with Crippen LogP contribution in [0.2, 0.25) is 0 Å². The van der Waals surface area contributed by atoms with Crippen molar-refractivity contribution in [1.29, 1.82) is 0 Å². The predicted molar refractivity (Wildman–Crippen MR) is 82.3 cm³/mol. The van der Waals surface area contributed by atoms with Gasteiger partial charge in [-0.3, -0.25) is 4.79 Å². The molecule has 1 aromatic heterocycles. The summed E-state index contributed by atoms with van der Waals surface area (Å²) in [5.41, 5.74) is 7.50. The van der Waals surface area contributed by atoms with Gasteiger partial charge in [-0.1, -0.05) is 12.1 Å². The molecule has 0 fully saturated rings. The summed E-state index contributed by atoms with van der Waals surface area (Å²) in [4.78, 5) is 15.6. The normalized spacial score (nSPS) is 10.3. The second-order valence-corrected chi connectivity index (χ2v) is 5.89. The fourth-order valence-electron chi connectivity index (χ4n) is 1.91. The van der Waals surface area contributed by atoms with Crippen molar-refractivity contribution in [2.45, 2.75) is 13.5 Å². The van der Waals surface area contributed by atoms with Crippen LogP contribution in [0.3, 0.4) is 0 Å². The van der Waals surface area contributed by atoms with Crippen LogP contribution in [-0.2, 0) is 6.54 Å². The van der Waals surface area contributed by atoms with Crippen molar-refractivity contribution in [2.24, 2.45) is 0 Å². The summed E-state index contributed by atoms with van der Waals surface area (Å²) in [6.07, 6.45) is 0. The molecular weight excluding hydrogens is 272 g/mol. The number of thiophene rings is 1. The third-order valence-corrected chi connectivity index (χ3v) is 4.12. The third kappa shape index (κ3) is 3.11. The summed E-state index contributed by atoms with van der Waals surface area (Å²) >= 11 is 1.43. The Labute approximate surface area is 122 Å². The van der Waals surface area contributed by atoms with E-state index in [9.17, 15) is 4.79 Å². The van der Waals surface area contributed by atoms with Crippen molar-refractivity contribution < 1.29 is 9.53 Å². The van der Waals surface area contributed by atoms with Gasteiger partial charge >= 0.3 is 0 Å². The third-order valence-electron chi connectivity index (χ3n) is 3.07. The van der Waals surface area contributed by atoms with Gasteiger partial charge in [-0.15, -0.1) is 11.3 Å². The van der Waals surface area contributed by atoms with Crippen molar-refractivity contribution in [3.8, 4) is 5.75 Å². The second kappa shape index (κ2) is 5.96. The molecule has 2 aromatic rings. The van der Waals surface area contributed by atoms with Gasteiger partial charge in [0.25, 0.3) is 5.91 Å². The van der Waals surface area contributed by atoms with Gasteiger partial charge in [-0.2, -0.15) is 0 Å². The minimum Gasteiger partial charge on any atom is -0.497 e. The van der Waals surface area contributed by atoms with Crippen molar-refractivity contribution in [3.63, 3.8) is 0 Å². The van der Waals surface area contributed by atoms with Crippen LogP contribution >= 0.6 is 11.3 Å². The molecule has 5 heteroatoms. The lowest BCUT2D eigenvalue weighted by Crippen LogP contribution is -2.25. The molecule has 106 valence electrons. The van der Waals surface area contributed by atoms with Crippen molar-refractivity contribution in [2.75, 3.05) is 19.9 Å². The maximum absolute atomic E-state index is 12.3. The fourth-order valence-corrected chi connectivity index (χ4v) is 2.84. The Morgan fingerprint density at radius 2 is 2.15 bits per heavy atom. The van der Waals surface area contributed by atoms with E-state index in [4.69, 9.17) is 10.5 Å². The number of hydrogen-bond donors (Lipinski definition) is 1. The molecule has 0 saturated heterocycles. The number of nitrogens with zero attached hydrogens (tertiary/aromatic N) is 1. The number of rotatable bonds is 4.